The highest BCUT2D eigenvalue weighted by Crippen LogP contribution is 2.16. The van der Waals surface area contributed by atoms with Crippen molar-refractivity contribution in [3.05, 3.63) is 27.2 Å². The molecule has 0 aliphatic rings. The van der Waals surface area contributed by atoms with Crippen LogP contribution in [0.15, 0.2) is 15.9 Å². The van der Waals surface area contributed by atoms with Gasteiger partial charge in [0.05, 0.1) is 18.6 Å². The predicted molar refractivity (Wildman–Crippen MR) is 139 cm³/mol. The Morgan fingerprint density at radius 2 is 1.35 bits per heavy atom. The van der Waals surface area contributed by atoms with Crippen molar-refractivity contribution < 1.29 is 5.11 Å². The highest BCUT2D eigenvalue weighted by molar-refractivity contribution is 5.69. The van der Waals surface area contributed by atoms with Gasteiger partial charge in [-0.2, -0.15) is 0 Å². The molecule has 0 fully saturated rings. The Morgan fingerprint density at radius 1 is 0.853 bits per heavy atom. The molecular weight excluding hydrogens is 430 g/mol. The van der Waals surface area contributed by atoms with Crippen molar-refractivity contribution in [1.82, 2.24) is 18.7 Å². The van der Waals surface area contributed by atoms with E-state index < -0.39 is 11.9 Å². The van der Waals surface area contributed by atoms with Crippen molar-refractivity contribution in [2.24, 2.45) is 19.8 Å². The SMILES string of the molecule is CCCCCCCCC(O)CCCCCCCCCC(N)n1c(=O)c2c(ncn2C)n(C)c1=O. The molecule has 2 heterocycles. The van der Waals surface area contributed by atoms with Crippen LogP contribution in [-0.4, -0.2) is 29.9 Å². The minimum Gasteiger partial charge on any atom is -0.393 e. The van der Waals surface area contributed by atoms with Gasteiger partial charge in [-0.3, -0.25) is 9.36 Å². The lowest BCUT2D eigenvalue weighted by molar-refractivity contribution is 0.147. The molecule has 2 aromatic heterocycles. The number of aliphatic hydroxyl groups is 1. The molecule has 2 atom stereocenters. The second kappa shape index (κ2) is 15.1. The Balaban J connectivity index is 1.57. The van der Waals surface area contributed by atoms with E-state index in [1.807, 2.05) is 0 Å². The van der Waals surface area contributed by atoms with E-state index >= 15 is 0 Å². The standard InChI is InChI=1S/C26H47N5O3/c1-4-5-6-7-11-14-17-21(32)18-15-12-9-8-10-13-16-19-22(27)31-25(33)23-24(28-20-29(23)2)30(3)26(31)34/h20-22,32H,4-19,27H2,1-3H3. The largest absolute Gasteiger partial charge is 0.393 e. The molecule has 0 amide bonds. The maximum Gasteiger partial charge on any atom is 0.333 e. The van der Waals surface area contributed by atoms with E-state index in [9.17, 15) is 14.7 Å². The third-order valence-electron chi connectivity index (χ3n) is 6.91. The molecule has 2 rings (SSSR count). The minimum atomic E-state index is -0.626. The van der Waals surface area contributed by atoms with E-state index in [1.54, 1.807) is 18.7 Å². The second-order valence-corrected chi connectivity index (χ2v) is 9.87. The van der Waals surface area contributed by atoms with Crippen LogP contribution in [0.5, 0.6) is 0 Å². The van der Waals surface area contributed by atoms with Crippen LogP contribution < -0.4 is 17.0 Å². The van der Waals surface area contributed by atoms with Crippen LogP contribution in [-0.2, 0) is 14.1 Å². The zero-order valence-corrected chi connectivity index (χ0v) is 21.7. The molecule has 2 unspecified atom stereocenters. The van der Waals surface area contributed by atoms with Crippen LogP contribution in [0.4, 0.5) is 0 Å². The van der Waals surface area contributed by atoms with Crippen LogP contribution in [0.1, 0.15) is 116 Å². The fraction of sp³-hybridized carbons (Fsp3) is 0.808. The number of nitrogens with zero attached hydrogens (tertiary/aromatic N) is 4. The highest BCUT2D eigenvalue weighted by Gasteiger charge is 2.18. The van der Waals surface area contributed by atoms with E-state index in [4.69, 9.17) is 5.73 Å². The fourth-order valence-corrected chi connectivity index (χ4v) is 4.71. The summed E-state index contributed by atoms with van der Waals surface area (Å²) in [7, 11) is 3.36. The van der Waals surface area contributed by atoms with Crippen molar-refractivity contribution in [3.8, 4) is 0 Å². The molecule has 0 spiro atoms. The van der Waals surface area contributed by atoms with Gasteiger partial charge < -0.3 is 15.4 Å². The molecule has 194 valence electrons. The molecule has 3 N–H and O–H groups in total. The summed E-state index contributed by atoms with van der Waals surface area (Å²) < 4.78 is 4.19. The van der Waals surface area contributed by atoms with Gasteiger partial charge in [-0.05, 0) is 19.3 Å². The lowest BCUT2D eigenvalue weighted by Gasteiger charge is -2.15. The molecule has 8 heteroatoms. The van der Waals surface area contributed by atoms with Gasteiger partial charge in [0.2, 0.25) is 0 Å². The van der Waals surface area contributed by atoms with Crippen LogP contribution in [0.25, 0.3) is 11.2 Å². The number of rotatable bonds is 18. The van der Waals surface area contributed by atoms with E-state index in [0.29, 0.717) is 17.6 Å². The number of aromatic nitrogens is 4. The average Bonchev–Trinajstić information content (AvgIpc) is 3.20. The minimum absolute atomic E-state index is 0.130. The zero-order valence-electron chi connectivity index (χ0n) is 21.7. The third kappa shape index (κ3) is 8.38. The predicted octanol–water partition coefficient (Wildman–Crippen LogP) is 4.51. The molecule has 0 aliphatic carbocycles. The molecule has 0 radical (unpaired) electrons. The summed E-state index contributed by atoms with van der Waals surface area (Å²) in [6, 6.07) is 0. The lowest BCUT2D eigenvalue weighted by atomic mass is 10.0. The summed E-state index contributed by atoms with van der Waals surface area (Å²) in [4.78, 5) is 29.6. The van der Waals surface area contributed by atoms with Crippen LogP contribution >= 0.6 is 0 Å². The van der Waals surface area contributed by atoms with Crippen molar-refractivity contribution in [2.75, 3.05) is 0 Å². The molecule has 0 saturated heterocycles. The Hall–Kier alpha value is -1.93. The summed E-state index contributed by atoms with van der Waals surface area (Å²) >= 11 is 0. The van der Waals surface area contributed by atoms with Gasteiger partial charge in [0.25, 0.3) is 5.56 Å². The summed E-state index contributed by atoms with van der Waals surface area (Å²) in [5, 5.41) is 10.1. The first-order valence-corrected chi connectivity index (χ1v) is 13.4. The van der Waals surface area contributed by atoms with Crippen molar-refractivity contribution in [2.45, 2.75) is 122 Å². The first-order valence-electron chi connectivity index (χ1n) is 13.4. The molecular formula is C26H47N5O3. The smallest absolute Gasteiger partial charge is 0.333 e. The van der Waals surface area contributed by atoms with Crippen molar-refractivity contribution in [3.63, 3.8) is 0 Å². The van der Waals surface area contributed by atoms with E-state index in [-0.39, 0.29) is 11.7 Å². The number of aryl methyl sites for hydroxylation is 2. The first-order chi connectivity index (χ1) is 16.4. The van der Waals surface area contributed by atoms with Gasteiger partial charge in [-0.25, -0.2) is 14.3 Å². The van der Waals surface area contributed by atoms with Crippen LogP contribution in [0, 0.1) is 0 Å². The second-order valence-electron chi connectivity index (χ2n) is 9.87. The summed E-state index contributed by atoms with van der Waals surface area (Å²) in [5.74, 6) is 0. The third-order valence-corrected chi connectivity index (χ3v) is 6.91. The molecule has 0 saturated carbocycles. The maximum absolute atomic E-state index is 12.8. The van der Waals surface area contributed by atoms with Crippen LogP contribution in [0.3, 0.4) is 0 Å². The molecule has 0 aliphatic heterocycles. The summed E-state index contributed by atoms with van der Waals surface area (Å²) in [6.45, 7) is 2.23. The number of hydrogen-bond acceptors (Lipinski definition) is 5. The lowest BCUT2D eigenvalue weighted by Crippen LogP contribution is -2.44. The zero-order chi connectivity index (χ0) is 24.9. The van der Waals surface area contributed by atoms with E-state index in [1.165, 1.54) is 66.8 Å². The van der Waals surface area contributed by atoms with Gasteiger partial charge >= 0.3 is 5.69 Å². The Kier molecular flexibility index (Phi) is 12.6. The topological polar surface area (TPSA) is 108 Å². The molecule has 34 heavy (non-hydrogen) atoms. The Labute approximate surface area is 204 Å². The highest BCUT2D eigenvalue weighted by atomic mass is 16.3. The number of nitrogens with two attached hydrogens (primary N) is 1. The number of unbranched alkanes of at least 4 members (excludes halogenated alkanes) is 11. The monoisotopic (exact) mass is 477 g/mol. The Bertz CT molecular complexity index is 962. The average molecular weight is 478 g/mol. The number of fused-ring (bicyclic) bond motifs is 1. The summed E-state index contributed by atoms with van der Waals surface area (Å²) in [6.07, 6.45) is 18.6. The van der Waals surface area contributed by atoms with Crippen LogP contribution in [0.2, 0.25) is 0 Å². The summed E-state index contributed by atoms with van der Waals surface area (Å²) in [5.41, 5.74) is 6.24. The van der Waals surface area contributed by atoms with Gasteiger partial charge in [-0.1, -0.05) is 90.4 Å². The van der Waals surface area contributed by atoms with Crippen molar-refractivity contribution in [1.29, 1.82) is 0 Å². The van der Waals surface area contributed by atoms with E-state index in [0.717, 1.165) is 44.9 Å². The fourth-order valence-electron chi connectivity index (χ4n) is 4.71. The normalized spacial score (nSPS) is 13.6. The Morgan fingerprint density at radius 3 is 1.91 bits per heavy atom. The molecule has 2 aromatic rings. The van der Waals surface area contributed by atoms with Crippen molar-refractivity contribution >= 4 is 11.2 Å². The molecule has 0 aromatic carbocycles. The van der Waals surface area contributed by atoms with Gasteiger partial charge in [0.1, 0.15) is 0 Å². The quantitative estimate of drug-likeness (QED) is 0.307. The van der Waals surface area contributed by atoms with E-state index in [2.05, 4.69) is 11.9 Å². The van der Waals surface area contributed by atoms with Gasteiger partial charge in [0, 0.05) is 14.1 Å². The molecule has 8 nitrogen and oxygen atoms in total. The van der Waals surface area contributed by atoms with Gasteiger partial charge in [0.15, 0.2) is 11.2 Å². The van der Waals surface area contributed by atoms with Gasteiger partial charge in [-0.15, -0.1) is 0 Å². The maximum atomic E-state index is 12.8. The number of aliphatic hydroxyl groups excluding tert-OH is 1. The molecule has 0 bridgehead atoms. The first kappa shape index (κ1) is 28.3. The number of imidazole rings is 1. The number of hydrogen-bond donors (Lipinski definition) is 2.